The molecule has 118 valence electrons. The van der Waals surface area contributed by atoms with Crippen LogP contribution in [0.1, 0.15) is 5.56 Å². The zero-order valence-electron chi connectivity index (χ0n) is 11.9. The van der Waals surface area contributed by atoms with Gasteiger partial charge in [0.2, 0.25) is 5.13 Å². The average molecular weight is 410 g/mol. The van der Waals surface area contributed by atoms with Crippen LogP contribution in [-0.4, -0.2) is 16.7 Å². The summed E-state index contributed by atoms with van der Waals surface area (Å²) in [5.41, 5.74) is 1.15. The highest BCUT2D eigenvalue weighted by Gasteiger charge is 2.09. The van der Waals surface area contributed by atoms with Crippen molar-refractivity contribution in [2.75, 3.05) is 11.9 Å². The van der Waals surface area contributed by atoms with Gasteiger partial charge in [0.1, 0.15) is 5.58 Å². The number of fused-ring (bicyclic) bond motifs is 1. The summed E-state index contributed by atoms with van der Waals surface area (Å²) >= 11 is 6.40. The molecule has 2 heterocycles. The fraction of sp³-hybridized carbons (Fsp3) is 0.133. The second-order valence-corrected chi connectivity index (χ2v) is 7.68. The number of benzene rings is 1. The van der Waals surface area contributed by atoms with Gasteiger partial charge in [-0.15, -0.1) is 16.8 Å². The van der Waals surface area contributed by atoms with Crippen molar-refractivity contribution in [3.05, 3.63) is 57.4 Å². The monoisotopic (exact) mass is 409 g/mol. The molecule has 0 saturated heterocycles. The standard InChI is InChI=1S/C15H12BrN3O2S2/c1-2-5-17-14-18-19-15(23-14)22-8-9-6-13(20)21-12-7-10(16)3-4-11(9)12/h2-4,6-7H,1,5,8H2,(H,17,18). The maximum atomic E-state index is 11.7. The Morgan fingerprint density at radius 1 is 1.39 bits per heavy atom. The first kappa shape index (κ1) is 16.2. The van der Waals surface area contributed by atoms with Crippen LogP contribution >= 0.6 is 39.0 Å². The molecule has 0 aliphatic heterocycles. The fourth-order valence-corrected chi connectivity index (χ4v) is 4.05. The summed E-state index contributed by atoms with van der Waals surface area (Å²) in [6.45, 7) is 4.30. The van der Waals surface area contributed by atoms with Gasteiger partial charge in [0.25, 0.3) is 0 Å². The summed E-state index contributed by atoms with van der Waals surface area (Å²) in [6.07, 6.45) is 1.77. The first-order valence-electron chi connectivity index (χ1n) is 6.69. The summed E-state index contributed by atoms with van der Waals surface area (Å²) in [5.74, 6) is 0.625. The predicted octanol–water partition coefficient (Wildman–Crippen LogP) is 4.30. The van der Waals surface area contributed by atoms with E-state index in [-0.39, 0.29) is 5.63 Å². The van der Waals surface area contributed by atoms with Crippen LogP contribution in [0.2, 0.25) is 0 Å². The van der Waals surface area contributed by atoms with E-state index in [9.17, 15) is 4.79 Å². The van der Waals surface area contributed by atoms with Crippen LogP contribution in [0.15, 0.2) is 54.9 Å². The quantitative estimate of drug-likeness (QED) is 0.371. The van der Waals surface area contributed by atoms with Crippen molar-refractivity contribution >= 4 is 55.1 Å². The van der Waals surface area contributed by atoms with Crippen LogP contribution in [0.5, 0.6) is 0 Å². The molecule has 2 aromatic heterocycles. The van der Waals surface area contributed by atoms with Gasteiger partial charge in [0.05, 0.1) is 0 Å². The number of anilines is 1. The Hall–Kier alpha value is -1.64. The Kier molecular flexibility index (Phi) is 5.14. The van der Waals surface area contributed by atoms with E-state index < -0.39 is 0 Å². The number of hydrogen-bond donors (Lipinski definition) is 1. The van der Waals surface area contributed by atoms with Crippen molar-refractivity contribution in [1.29, 1.82) is 0 Å². The van der Waals surface area contributed by atoms with Gasteiger partial charge in [-0.2, -0.15) is 0 Å². The molecular formula is C15H12BrN3O2S2. The van der Waals surface area contributed by atoms with Crippen molar-refractivity contribution in [2.24, 2.45) is 0 Å². The van der Waals surface area contributed by atoms with E-state index in [4.69, 9.17) is 4.42 Å². The molecule has 0 aliphatic rings. The van der Waals surface area contributed by atoms with Crippen LogP contribution in [0, 0.1) is 0 Å². The lowest BCUT2D eigenvalue weighted by Crippen LogP contribution is -1.99. The second-order valence-electron chi connectivity index (χ2n) is 4.56. The molecule has 0 radical (unpaired) electrons. The third kappa shape index (κ3) is 4.01. The number of aromatic nitrogens is 2. The molecule has 0 unspecified atom stereocenters. The van der Waals surface area contributed by atoms with E-state index in [2.05, 4.69) is 38.0 Å². The summed E-state index contributed by atoms with van der Waals surface area (Å²) < 4.78 is 6.96. The van der Waals surface area contributed by atoms with Gasteiger partial charge < -0.3 is 9.73 Å². The highest BCUT2D eigenvalue weighted by molar-refractivity contribution is 9.10. The molecule has 0 atom stereocenters. The van der Waals surface area contributed by atoms with Gasteiger partial charge >= 0.3 is 5.63 Å². The SMILES string of the molecule is C=CCNc1nnc(SCc2cc(=O)oc3cc(Br)ccc23)s1. The van der Waals surface area contributed by atoms with Crippen molar-refractivity contribution in [1.82, 2.24) is 10.2 Å². The molecule has 0 saturated carbocycles. The van der Waals surface area contributed by atoms with Gasteiger partial charge in [-0.25, -0.2) is 4.79 Å². The van der Waals surface area contributed by atoms with E-state index >= 15 is 0 Å². The largest absolute Gasteiger partial charge is 0.423 e. The summed E-state index contributed by atoms with van der Waals surface area (Å²) in [4.78, 5) is 11.7. The summed E-state index contributed by atoms with van der Waals surface area (Å²) in [6, 6.07) is 7.20. The zero-order chi connectivity index (χ0) is 16.2. The Morgan fingerprint density at radius 3 is 3.09 bits per heavy atom. The molecule has 0 bridgehead atoms. The van der Waals surface area contributed by atoms with E-state index in [1.807, 2.05) is 12.1 Å². The molecule has 3 aromatic rings. The molecule has 5 nitrogen and oxygen atoms in total. The third-order valence-electron chi connectivity index (χ3n) is 2.95. The van der Waals surface area contributed by atoms with Gasteiger partial charge in [-0.05, 0) is 23.8 Å². The minimum Gasteiger partial charge on any atom is -0.423 e. The Morgan fingerprint density at radius 2 is 2.26 bits per heavy atom. The highest BCUT2D eigenvalue weighted by atomic mass is 79.9. The molecule has 3 rings (SSSR count). The molecule has 23 heavy (non-hydrogen) atoms. The Labute approximate surface area is 148 Å². The van der Waals surface area contributed by atoms with Crippen molar-refractivity contribution < 1.29 is 4.42 Å². The maximum Gasteiger partial charge on any atom is 0.336 e. The fourth-order valence-electron chi connectivity index (χ4n) is 1.96. The molecular weight excluding hydrogens is 398 g/mol. The van der Waals surface area contributed by atoms with E-state index in [0.29, 0.717) is 17.9 Å². The highest BCUT2D eigenvalue weighted by Crippen LogP contribution is 2.30. The van der Waals surface area contributed by atoms with Crippen LogP contribution in [0.3, 0.4) is 0 Å². The van der Waals surface area contributed by atoms with Crippen molar-refractivity contribution in [3.63, 3.8) is 0 Å². The molecule has 0 fully saturated rings. The van der Waals surface area contributed by atoms with E-state index in [1.54, 1.807) is 23.9 Å². The molecule has 0 spiro atoms. The minimum atomic E-state index is -0.350. The zero-order valence-corrected chi connectivity index (χ0v) is 15.1. The molecule has 0 amide bonds. The van der Waals surface area contributed by atoms with Gasteiger partial charge in [-0.3, -0.25) is 0 Å². The first-order valence-corrected chi connectivity index (χ1v) is 9.28. The van der Waals surface area contributed by atoms with Gasteiger partial charge in [0.15, 0.2) is 4.34 Å². The van der Waals surface area contributed by atoms with Crippen LogP contribution in [-0.2, 0) is 5.75 Å². The van der Waals surface area contributed by atoms with Crippen molar-refractivity contribution in [2.45, 2.75) is 10.1 Å². The minimum absolute atomic E-state index is 0.350. The molecule has 8 heteroatoms. The van der Waals surface area contributed by atoms with E-state index in [1.165, 1.54) is 17.4 Å². The van der Waals surface area contributed by atoms with Crippen LogP contribution < -0.4 is 10.9 Å². The predicted molar refractivity (Wildman–Crippen MR) is 98.3 cm³/mol. The lowest BCUT2D eigenvalue weighted by molar-refractivity contribution is 0.559. The number of rotatable bonds is 6. The smallest absolute Gasteiger partial charge is 0.336 e. The number of halogens is 1. The Bertz CT molecular complexity index is 907. The maximum absolute atomic E-state index is 11.7. The van der Waals surface area contributed by atoms with Crippen molar-refractivity contribution in [3.8, 4) is 0 Å². The molecule has 0 aliphatic carbocycles. The average Bonchev–Trinajstić information content (AvgIpc) is 2.98. The van der Waals surface area contributed by atoms with E-state index in [0.717, 1.165) is 24.9 Å². The topological polar surface area (TPSA) is 68.0 Å². The lowest BCUT2D eigenvalue weighted by atomic mass is 10.1. The lowest BCUT2D eigenvalue weighted by Gasteiger charge is -2.04. The van der Waals surface area contributed by atoms with Crippen LogP contribution in [0.25, 0.3) is 11.0 Å². The number of nitrogens with zero attached hydrogens (tertiary/aromatic N) is 2. The number of hydrogen-bond acceptors (Lipinski definition) is 7. The van der Waals surface area contributed by atoms with Gasteiger partial charge in [-0.1, -0.05) is 45.1 Å². The molecule has 1 N–H and O–H groups in total. The second kappa shape index (κ2) is 7.29. The number of thioether (sulfide) groups is 1. The van der Waals surface area contributed by atoms with Gasteiger partial charge in [0, 0.05) is 28.2 Å². The summed E-state index contributed by atoms with van der Waals surface area (Å²) in [7, 11) is 0. The van der Waals surface area contributed by atoms with Crippen LogP contribution in [0.4, 0.5) is 5.13 Å². The third-order valence-corrected chi connectivity index (χ3v) is 5.50. The molecule has 1 aromatic carbocycles. The number of nitrogens with one attached hydrogen (secondary N) is 1. The first-order chi connectivity index (χ1) is 11.2. The normalized spacial score (nSPS) is 10.8. The summed E-state index contributed by atoms with van der Waals surface area (Å²) in [5, 5.41) is 13.0. The Balaban J connectivity index is 1.80.